The van der Waals surface area contributed by atoms with E-state index in [1.54, 1.807) is 31.4 Å². The van der Waals surface area contributed by atoms with E-state index in [2.05, 4.69) is 0 Å². The molecule has 0 saturated heterocycles. The standard InChI is InChI=1S/C11H16O4/c1-15-10-4-2-8(3-5-10)11(14)6-9(13)7-12/h2-5,9,11-14H,6-7H2,1H3. The van der Waals surface area contributed by atoms with Crippen molar-refractivity contribution in [1.29, 1.82) is 0 Å². The predicted octanol–water partition coefficient (Wildman–Crippen LogP) is 0.472. The number of ether oxygens (including phenoxy) is 1. The number of aliphatic hydroxyl groups is 3. The Kier molecular flexibility index (Phi) is 4.55. The quantitative estimate of drug-likeness (QED) is 0.663. The molecule has 0 bridgehead atoms. The maximum absolute atomic E-state index is 9.67. The fourth-order valence-electron chi connectivity index (χ4n) is 1.29. The van der Waals surface area contributed by atoms with Crippen LogP contribution in [0.15, 0.2) is 24.3 Å². The van der Waals surface area contributed by atoms with Crippen molar-refractivity contribution in [2.75, 3.05) is 13.7 Å². The summed E-state index contributed by atoms with van der Waals surface area (Å²) in [5.41, 5.74) is 0.698. The smallest absolute Gasteiger partial charge is 0.118 e. The first-order chi connectivity index (χ1) is 7.17. The molecule has 1 aromatic rings. The van der Waals surface area contributed by atoms with E-state index in [-0.39, 0.29) is 13.0 Å². The molecule has 0 fully saturated rings. The number of benzene rings is 1. The van der Waals surface area contributed by atoms with Crippen LogP contribution in [0.5, 0.6) is 5.75 Å². The highest BCUT2D eigenvalue weighted by Crippen LogP contribution is 2.21. The number of rotatable bonds is 5. The third kappa shape index (κ3) is 3.51. The van der Waals surface area contributed by atoms with Crippen molar-refractivity contribution in [1.82, 2.24) is 0 Å². The Balaban J connectivity index is 2.61. The zero-order valence-electron chi connectivity index (χ0n) is 8.63. The second-order valence-corrected chi connectivity index (χ2v) is 3.36. The molecule has 0 aliphatic heterocycles. The van der Waals surface area contributed by atoms with E-state index in [1.165, 1.54) is 0 Å². The van der Waals surface area contributed by atoms with Crippen LogP contribution in [0.1, 0.15) is 18.1 Å². The topological polar surface area (TPSA) is 69.9 Å². The Hall–Kier alpha value is -1.10. The van der Waals surface area contributed by atoms with Crippen LogP contribution >= 0.6 is 0 Å². The van der Waals surface area contributed by atoms with Crippen molar-refractivity contribution < 1.29 is 20.1 Å². The average Bonchev–Trinajstić information content (AvgIpc) is 2.29. The van der Waals surface area contributed by atoms with Gasteiger partial charge in [-0.25, -0.2) is 0 Å². The van der Waals surface area contributed by atoms with Crippen molar-refractivity contribution in [3.8, 4) is 5.75 Å². The molecule has 1 rings (SSSR count). The van der Waals surface area contributed by atoms with Gasteiger partial charge < -0.3 is 20.1 Å². The molecule has 15 heavy (non-hydrogen) atoms. The number of aliphatic hydroxyl groups excluding tert-OH is 3. The third-order valence-electron chi connectivity index (χ3n) is 2.21. The van der Waals surface area contributed by atoms with E-state index < -0.39 is 12.2 Å². The van der Waals surface area contributed by atoms with Gasteiger partial charge in [0.25, 0.3) is 0 Å². The lowest BCUT2D eigenvalue weighted by Gasteiger charge is -2.14. The van der Waals surface area contributed by atoms with Gasteiger partial charge in [0, 0.05) is 6.42 Å². The predicted molar refractivity (Wildman–Crippen MR) is 55.7 cm³/mol. The molecule has 0 saturated carbocycles. The van der Waals surface area contributed by atoms with Crippen LogP contribution in [0.25, 0.3) is 0 Å². The zero-order valence-corrected chi connectivity index (χ0v) is 8.63. The lowest BCUT2D eigenvalue weighted by molar-refractivity contribution is 0.0413. The van der Waals surface area contributed by atoms with Gasteiger partial charge in [0.15, 0.2) is 0 Å². The second-order valence-electron chi connectivity index (χ2n) is 3.36. The lowest BCUT2D eigenvalue weighted by Crippen LogP contribution is -2.16. The third-order valence-corrected chi connectivity index (χ3v) is 2.21. The highest BCUT2D eigenvalue weighted by Gasteiger charge is 2.12. The molecule has 84 valence electrons. The maximum atomic E-state index is 9.67. The van der Waals surface area contributed by atoms with E-state index in [1.807, 2.05) is 0 Å². The van der Waals surface area contributed by atoms with Gasteiger partial charge >= 0.3 is 0 Å². The minimum absolute atomic E-state index is 0.128. The van der Waals surface area contributed by atoms with Gasteiger partial charge in [0.05, 0.1) is 25.9 Å². The number of hydrogen-bond donors (Lipinski definition) is 3. The first-order valence-corrected chi connectivity index (χ1v) is 4.78. The normalized spacial score (nSPS) is 14.7. The Bertz CT molecular complexity index is 283. The van der Waals surface area contributed by atoms with Gasteiger partial charge in [-0.3, -0.25) is 0 Å². The largest absolute Gasteiger partial charge is 0.497 e. The number of methoxy groups -OCH3 is 1. The minimum Gasteiger partial charge on any atom is -0.497 e. The van der Waals surface area contributed by atoms with Crippen molar-refractivity contribution in [3.05, 3.63) is 29.8 Å². The zero-order chi connectivity index (χ0) is 11.3. The van der Waals surface area contributed by atoms with Crippen LogP contribution in [0.4, 0.5) is 0 Å². The van der Waals surface area contributed by atoms with E-state index in [9.17, 15) is 5.11 Å². The molecule has 1 aromatic carbocycles. The summed E-state index contributed by atoms with van der Waals surface area (Å²) in [6.07, 6.45) is -1.52. The van der Waals surface area contributed by atoms with Crippen LogP contribution in [-0.4, -0.2) is 35.1 Å². The molecule has 0 spiro atoms. The SMILES string of the molecule is COc1ccc(C(O)CC(O)CO)cc1. The maximum Gasteiger partial charge on any atom is 0.118 e. The molecule has 3 N–H and O–H groups in total. The van der Waals surface area contributed by atoms with Gasteiger partial charge in [0.1, 0.15) is 5.75 Å². The van der Waals surface area contributed by atoms with Crippen LogP contribution < -0.4 is 4.74 Å². The van der Waals surface area contributed by atoms with Crippen molar-refractivity contribution in [2.45, 2.75) is 18.6 Å². The summed E-state index contributed by atoms with van der Waals surface area (Å²) in [6, 6.07) is 6.94. The Morgan fingerprint density at radius 3 is 2.27 bits per heavy atom. The second kappa shape index (κ2) is 5.70. The first kappa shape index (κ1) is 12.0. The fraction of sp³-hybridized carbons (Fsp3) is 0.455. The minimum atomic E-state index is -0.887. The summed E-state index contributed by atoms with van der Waals surface area (Å²) >= 11 is 0. The highest BCUT2D eigenvalue weighted by atomic mass is 16.5. The monoisotopic (exact) mass is 212 g/mol. The van der Waals surface area contributed by atoms with Crippen LogP contribution in [-0.2, 0) is 0 Å². The van der Waals surface area contributed by atoms with Crippen molar-refractivity contribution >= 4 is 0 Å². The molecule has 0 aromatic heterocycles. The van der Waals surface area contributed by atoms with E-state index in [0.717, 1.165) is 0 Å². The van der Waals surface area contributed by atoms with Crippen molar-refractivity contribution in [2.24, 2.45) is 0 Å². The van der Waals surface area contributed by atoms with E-state index in [0.29, 0.717) is 11.3 Å². The summed E-state index contributed by atoms with van der Waals surface area (Å²) in [5.74, 6) is 0.716. The average molecular weight is 212 g/mol. The molecule has 4 heteroatoms. The molecule has 2 unspecified atom stereocenters. The molecular weight excluding hydrogens is 196 g/mol. The summed E-state index contributed by atoms with van der Waals surface area (Å²) < 4.78 is 4.98. The van der Waals surface area contributed by atoms with Gasteiger partial charge in [-0.1, -0.05) is 12.1 Å². The Morgan fingerprint density at radius 2 is 1.80 bits per heavy atom. The molecule has 2 atom stereocenters. The molecular formula is C11H16O4. The van der Waals surface area contributed by atoms with Crippen molar-refractivity contribution in [3.63, 3.8) is 0 Å². The van der Waals surface area contributed by atoms with Crippen LogP contribution in [0.2, 0.25) is 0 Å². The van der Waals surface area contributed by atoms with Gasteiger partial charge in [-0.15, -0.1) is 0 Å². The van der Waals surface area contributed by atoms with Gasteiger partial charge in [-0.05, 0) is 17.7 Å². The van der Waals surface area contributed by atoms with E-state index in [4.69, 9.17) is 14.9 Å². The Labute approximate surface area is 88.8 Å². The van der Waals surface area contributed by atoms with Crippen LogP contribution in [0, 0.1) is 0 Å². The summed E-state index contributed by atoms with van der Waals surface area (Å²) in [6.45, 7) is -0.340. The summed E-state index contributed by atoms with van der Waals surface area (Å²) in [5, 5.41) is 27.5. The first-order valence-electron chi connectivity index (χ1n) is 4.78. The fourth-order valence-corrected chi connectivity index (χ4v) is 1.29. The van der Waals surface area contributed by atoms with Gasteiger partial charge in [0.2, 0.25) is 0 Å². The van der Waals surface area contributed by atoms with Crippen LogP contribution in [0.3, 0.4) is 0 Å². The highest BCUT2D eigenvalue weighted by molar-refractivity contribution is 5.28. The Morgan fingerprint density at radius 1 is 1.20 bits per heavy atom. The molecule has 0 amide bonds. The van der Waals surface area contributed by atoms with Gasteiger partial charge in [-0.2, -0.15) is 0 Å². The molecule has 4 nitrogen and oxygen atoms in total. The molecule has 0 aliphatic rings. The molecule has 0 heterocycles. The van der Waals surface area contributed by atoms with E-state index >= 15 is 0 Å². The number of hydrogen-bond acceptors (Lipinski definition) is 4. The molecule has 0 aliphatic carbocycles. The summed E-state index contributed by atoms with van der Waals surface area (Å²) in [7, 11) is 1.57. The molecule has 0 radical (unpaired) electrons. The lowest BCUT2D eigenvalue weighted by atomic mass is 10.0. The summed E-state index contributed by atoms with van der Waals surface area (Å²) in [4.78, 5) is 0.